The van der Waals surface area contributed by atoms with Gasteiger partial charge in [0.2, 0.25) is 5.91 Å². The second kappa shape index (κ2) is 9.45. The minimum absolute atomic E-state index is 0.0108. The molecule has 0 radical (unpaired) electrons. The van der Waals surface area contributed by atoms with E-state index in [1.807, 2.05) is 6.92 Å². The Balaban J connectivity index is 1.73. The molecule has 2 atom stereocenters. The smallest absolute Gasteiger partial charge is 0.224 e. The highest BCUT2D eigenvalue weighted by molar-refractivity contribution is 6.31. The third-order valence-electron chi connectivity index (χ3n) is 4.82. The number of hydrogen-bond donors (Lipinski definition) is 1. The predicted molar refractivity (Wildman–Crippen MR) is 104 cm³/mol. The molecule has 1 amide bonds. The van der Waals surface area contributed by atoms with Crippen molar-refractivity contribution in [3.8, 4) is 0 Å². The topological polar surface area (TPSA) is 41.6 Å². The Morgan fingerprint density at radius 1 is 1.29 bits per heavy atom. The van der Waals surface area contributed by atoms with Crippen molar-refractivity contribution in [1.82, 2.24) is 10.2 Å². The van der Waals surface area contributed by atoms with Gasteiger partial charge in [-0.1, -0.05) is 29.8 Å². The van der Waals surface area contributed by atoms with Crippen molar-refractivity contribution in [2.24, 2.45) is 0 Å². The first-order valence-corrected chi connectivity index (χ1v) is 9.62. The van der Waals surface area contributed by atoms with Gasteiger partial charge >= 0.3 is 0 Å². The minimum Gasteiger partial charge on any atom is -0.376 e. The molecule has 0 aliphatic carbocycles. The van der Waals surface area contributed by atoms with Gasteiger partial charge in [-0.05, 0) is 36.8 Å². The summed E-state index contributed by atoms with van der Waals surface area (Å²) in [4.78, 5) is 14.5. The van der Waals surface area contributed by atoms with E-state index in [0.717, 1.165) is 0 Å². The van der Waals surface area contributed by atoms with Crippen LogP contribution in [-0.2, 0) is 16.0 Å². The molecular formula is C21H23ClF2N2O2. The van der Waals surface area contributed by atoms with Gasteiger partial charge in [0.1, 0.15) is 11.6 Å². The standard InChI is InChI=1S/C21H23ClF2N2O2/c1-14-13-26(9-10-28-14)19(21-17(22)3-2-4-18(21)24)12-25-20(27)11-15-5-7-16(23)8-6-15/h2-8,14,19H,9-13H2,1H3,(H,25,27)/t14-,19-/m0/s1. The van der Waals surface area contributed by atoms with Crippen molar-refractivity contribution in [2.45, 2.75) is 25.5 Å². The molecule has 7 heteroatoms. The third kappa shape index (κ3) is 5.28. The Morgan fingerprint density at radius 2 is 2.04 bits per heavy atom. The number of halogens is 3. The van der Waals surface area contributed by atoms with Crippen LogP contribution < -0.4 is 5.32 Å². The Labute approximate surface area is 168 Å². The molecule has 1 saturated heterocycles. The summed E-state index contributed by atoms with van der Waals surface area (Å²) in [5.74, 6) is -0.963. The molecule has 1 fully saturated rings. The van der Waals surface area contributed by atoms with Gasteiger partial charge in [-0.2, -0.15) is 0 Å². The molecule has 0 unspecified atom stereocenters. The average Bonchev–Trinajstić information content (AvgIpc) is 2.66. The van der Waals surface area contributed by atoms with E-state index in [2.05, 4.69) is 10.2 Å². The van der Waals surface area contributed by atoms with Crippen LogP contribution in [0.15, 0.2) is 42.5 Å². The molecule has 1 aliphatic heterocycles. The first kappa shape index (κ1) is 20.7. The summed E-state index contributed by atoms with van der Waals surface area (Å²) in [6, 6.07) is 9.97. The van der Waals surface area contributed by atoms with Crippen LogP contribution in [0.1, 0.15) is 24.1 Å². The van der Waals surface area contributed by atoms with Gasteiger partial charge in [-0.3, -0.25) is 9.69 Å². The molecule has 4 nitrogen and oxygen atoms in total. The molecule has 1 aliphatic rings. The monoisotopic (exact) mass is 408 g/mol. The van der Waals surface area contributed by atoms with E-state index in [4.69, 9.17) is 16.3 Å². The molecule has 1 N–H and O–H groups in total. The number of carbonyl (C=O) groups is 1. The van der Waals surface area contributed by atoms with Crippen molar-refractivity contribution in [1.29, 1.82) is 0 Å². The lowest BCUT2D eigenvalue weighted by molar-refractivity contribution is -0.120. The molecule has 150 valence electrons. The molecule has 0 saturated carbocycles. The number of hydrogen-bond acceptors (Lipinski definition) is 3. The SMILES string of the molecule is C[C@H]1CN([C@@H](CNC(=O)Cc2ccc(F)cc2)c2c(F)cccc2Cl)CCO1. The lowest BCUT2D eigenvalue weighted by atomic mass is 10.0. The lowest BCUT2D eigenvalue weighted by Gasteiger charge is -2.38. The van der Waals surface area contributed by atoms with E-state index in [1.165, 1.54) is 18.2 Å². The van der Waals surface area contributed by atoms with Crippen molar-refractivity contribution in [3.05, 3.63) is 70.2 Å². The van der Waals surface area contributed by atoms with Crippen molar-refractivity contribution in [2.75, 3.05) is 26.2 Å². The van der Waals surface area contributed by atoms with Gasteiger partial charge < -0.3 is 10.1 Å². The normalized spacial score (nSPS) is 18.6. The zero-order chi connectivity index (χ0) is 20.1. The highest BCUT2D eigenvalue weighted by atomic mass is 35.5. The summed E-state index contributed by atoms with van der Waals surface area (Å²) in [6.07, 6.45) is 0.133. The average molecular weight is 409 g/mol. The van der Waals surface area contributed by atoms with Crippen LogP contribution in [0.5, 0.6) is 0 Å². The van der Waals surface area contributed by atoms with Crippen molar-refractivity contribution >= 4 is 17.5 Å². The molecule has 28 heavy (non-hydrogen) atoms. The second-order valence-corrected chi connectivity index (χ2v) is 7.34. The van der Waals surface area contributed by atoms with E-state index < -0.39 is 11.9 Å². The van der Waals surface area contributed by atoms with E-state index in [1.54, 1.807) is 24.3 Å². The number of morpholine rings is 1. The molecule has 2 aromatic carbocycles. The van der Waals surface area contributed by atoms with Crippen LogP contribution in [0.3, 0.4) is 0 Å². The third-order valence-corrected chi connectivity index (χ3v) is 5.15. The number of carbonyl (C=O) groups excluding carboxylic acids is 1. The van der Waals surface area contributed by atoms with Crippen LogP contribution in [0, 0.1) is 11.6 Å². The summed E-state index contributed by atoms with van der Waals surface area (Å²) >= 11 is 6.29. The Kier molecular flexibility index (Phi) is 6.99. The highest BCUT2D eigenvalue weighted by Gasteiger charge is 2.29. The fourth-order valence-electron chi connectivity index (χ4n) is 3.43. The molecule has 3 rings (SSSR count). The summed E-state index contributed by atoms with van der Waals surface area (Å²) in [6.45, 7) is 3.94. The van der Waals surface area contributed by atoms with Gasteiger partial charge in [0.15, 0.2) is 0 Å². The van der Waals surface area contributed by atoms with E-state index >= 15 is 0 Å². The van der Waals surface area contributed by atoms with Crippen LogP contribution in [0.25, 0.3) is 0 Å². The highest BCUT2D eigenvalue weighted by Crippen LogP contribution is 2.31. The Bertz CT molecular complexity index is 796. The quantitative estimate of drug-likeness (QED) is 0.791. The van der Waals surface area contributed by atoms with Crippen LogP contribution >= 0.6 is 11.6 Å². The van der Waals surface area contributed by atoms with Gasteiger partial charge in [0.25, 0.3) is 0 Å². The predicted octanol–water partition coefficient (Wildman–Crippen LogP) is 3.74. The fraction of sp³-hybridized carbons (Fsp3) is 0.381. The summed E-state index contributed by atoms with van der Waals surface area (Å²) in [5.41, 5.74) is 1.08. The largest absolute Gasteiger partial charge is 0.376 e. The van der Waals surface area contributed by atoms with Crippen molar-refractivity contribution in [3.63, 3.8) is 0 Å². The first-order chi connectivity index (χ1) is 13.4. The van der Waals surface area contributed by atoms with Gasteiger partial charge in [0.05, 0.1) is 25.2 Å². The maximum absolute atomic E-state index is 14.6. The molecule has 1 heterocycles. The fourth-order valence-corrected chi connectivity index (χ4v) is 3.72. The maximum atomic E-state index is 14.6. The zero-order valence-corrected chi connectivity index (χ0v) is 16.4. The van der Waals surface area contributed by atoms with Gasteiger partial charge in [-0.15, -0.1) is 0 Å². The van der Waals surface area contributed by atoms with Gasteiger partial charge in [-0.25, -0.2) is 8.78 Å². The zero-order valence-electron chi connectivity index (χ0n) is 15.6. The Morgan fingerprint density at radius 3 is 2.71 bits per heavy atom. The number of nitrogens with one attached hydrogen (secondary N) is 1. The minimum atomic E-state index is -0.405. The number of nitrogens with zero attached hydrogens (tertiary/aromatic N) is 1. The van der Waals surface area contributed by atoms with Crippen LogP contribution in [0.2, 0.25) is 5.02 Å². The molecule has 2 aromatic rings. The first-order valence-electron chi connectivity index (χ1n) is 9.24. The molecule has 0 spiro atoms. The van der Waals surface area contributed by atoms with Gasteiger partial charge in [0, 0.05) is 30.2 Å². The molecule has 0 aromatic heterocycles. The Hall–Kier alpha value is -2.02. The summed E-state index contributed by atoms with van der Waals surface area (Å²) in [5, 5.41) is 3.20. The van der Waals surface area contributed by atoms with E-state index in [0.29, 0.717) is 35.8 Å². The number of rotatable bonds is 6. The number of amides is 1. The van der Waals surface area contributed by atoms with Crippen LogP contribution in [-0.4, -0.2) is 43.2 Å². The lowest BCUT2D eigenvalue weighted by Crippen LogP contribution is -2.47. The number of ether oxygens (including phenoxy) is 1. The summed E-state index contributed by atoms with van der Waals surface area (Å²) < 4.78 is 33.2. The van der Waals surface area contributed by atoms with E-state index in [-0.39, 0.29) is 30.8 Å². The molecular weight excluding hydrogens is 386 g/mol. The van der Waals surface area contributed by atoms with Crippen molar-refractivity contribution < 1.29 is 18.3 Å². The van der Waals surface area contributed by atoms with Crippen LogP contribution in [0.4, 0.5) is 8.78 Å². The number of benzene rings is 2. The van der Waals surface area contributed by atoms with E-state index in [9.17, 15) is 13.6 Å². The molecule has 0 bridgehead atoms. The second-order valence-electron chi connectivity index (χ2n) is 6.93. The summed E-state index contributed by atoms with van der Waals surface area (Å²) in [7, 11) is 0. The maximum Gasteiger partial charge on any atom is 0.224 e.